The summed E-state index contributed by atoms with van der Waals surface area (Å²) >= 11 is 0. The highest BCUT2D eigenvalue weighted by Gasteiger charge is 2.09. The van der Waals surface area contributed by atoms with Crippen molar-refractivity contribution in [3.8, 4) is 5.69 Å². The Balaban J connectivity index is 1.65. The SMILES string of the molecule is Cc1ccc(C(=O)NCc2cn(-c3cccnc3)nn2)cc1F. The molecule has 3 rings (SSSR count). The second-order valence-corrected chi connectivity index (χ2v) is 5.01. The zero-order valence-electron chi connectivity index (χ0n) is 12.4. The highest BCUT2D eigenvalue weighted by molar-refractivity contribution is 5.94. The average molecular weight is 311 g/mol. The summed E-state index contributed by atoms with van der Waals surface area (Å²) in [5.74, 6) is -0.764. The summed E-state index contributed by atoms with van der Waals surface area (Å²) in [6.45, 7) is 1.85. The second-order valence-electron chi connectivity index (χ2n) is 5.01. The maximum Gasteiger partial charge on any atom is 0.251 e. The van der Waals surface area contributed by atoms with Crippen LogP contribution in [0.25, 0.3) is 5.69 Å². The Morgan fingerprint density at radius 1 is 1.35 bits per heavy atom. The molecule has 0 fully saturated rings. The molecule has 0 aliphatic heterocycles. The number of nitrogens with one attached hydrogen (secondary N) is 1. The van der Waals surface area contributed by atoms with Gasteiger partial charge in [-0.1, -0.05) is 11.3 Å². The van der Waals surface area contributed by atoms with Crippen LogP contribution in [0.2, 0.25) is 0 Å². The Bertz CT molecular complexity index is 831. The normalized spacial score (nSPS) is 10.5. The number of pyridine rings is 1. The molecule has 0 bridgehead atoms. The van der Waals surface area contributed by atoms with Crippen LogP contribution in [-0.2, 0) is 6.54 Å². The second kappa shape index (κ2) is 6.35. The van der Waals surface area contributed by atoms with Crippen molar-refractivity contribution in [3.05, 3.63) is 71.6 Å². The number of aromatic nitrogens is 4. The molecule has 0 saturated carbocycles. The summed E-state index contributed by atoms with van der Waals surface area (Å²) in [4.78, 5) is 16.0. The highest BCUT2D eigenvalue weighted by Crippen LogP contribution is 2.09. The maximum absolute atomic E-state index is 13.5. The van der Waals surface area contributed by atoms with Crippen LogP contribution in [-0.4, -0.2) is 25.9 Å². The van der Waals surface area contributed by atoms with E-state index < -0.39 is 5.82 Å². The van der Waals surface area contributed by atoms with Gasteiger partial charge in [-0.15, -0.1) is 5.10 Å². The fraction of sp³-hybridized carbons (Fsp3) is 0.125. The van der Waals surface area contributed by atoms with E-state index in [2.05, 4.69) is 20.6 Å². The summed E-state index contributed by atoms with van der Waals surface area (Å²) in [7, 11) is 0. The van der Waals surface area contributed by atoms with Crippen molar-refractivity contribution in [1.29, 1.82) is 0 Å². The average Bonchev–Trinajstić information content (AvgIpc) is 3.05. The molecule has 0 saturated heterocycles. The molecule has 0 aliphatic carbocycles. The molecule has 0 spiro atoms. The molecule has 0 atom stereocenters. The topological polar surface area (TPSA) is 72.7 Å². The number of aryl methyl sites for hydroxylation is 1. The molecule has 6 nitrogen and oxygen atoms in total. The van der Waals surface area contributed by atoms with Crippen molar-refractivity contribution in [2.24, 2.45) is 0 Å². The minimum atomic E-state index is -0.403. The van der Waals surface area contributed by atoms with Crippen LogP contribution >= 0.6 is 0 Å². The molecule has 2 aromatic heterocycles. The summed E-state index contributed by atoms with van der Waals surface area (Å²) < 4.78 is 15.1. The first-order valence-electron chi connectivity index (χ1n) is 6.99. The molecule has 23 heavy (non-hydrogen) atoms. The van der Waals surface area contributed by atoms with Gasteiger partial charge in [0.05, 0.1) is 24.6 Å². The van der Waals surface area contributed by atoms with Crippen molar-refractivity contribution in [2.45, 2.75) is 13.5 Å². The third-order valence-electron chi connectivity index (χ3n) is 3.32. The fourth-order valence-electron chi connectivity index (χ4n) is 2.00. The standard InChI is InChI=1S/C16H14FN5O/c1-11-4-5-12(7-15(11)17)16(23)19-8-13-10-22(21-20-13)14-3-2-6-18-9-14/h2-7,9-10H,8H2,1H3,(H,19,23). The molecule has 0 radical (unpaired) electrons. The lowest BCUT2D eigenvalue weighted by atomic mass is 10.1. The molecular weight excluding hydrogens is 297 g/mol. The molecule has 1 aromatic carbocycles. The van der Waals surface area contributed by atoms with E-state index in [1.165, 1.54) is 6.07 Å². The van der Waals surface area contributed by atoms with E-state index in [0.29, 0.717) is 11.3 Å². The van der Waals surface area contributed by atoms with Gasteiger partial charge in [0, 0.05) is 11.8 Å². The fourth-order valence-corrected chi connectivity index (χ4v) is 2.00. The Labute approximate surface area is 132 Å². The van der Waals surface area contributed by atoms with E-state index in [0.717, 1.165) is 5.69 Å². The number of hydrogen-bond donors (Lipinski definition) is 1. The summed E-state index contributed by atoms with van der Waals surface area (Å²) in [6.07, 6.45) is 5.03. The van der Waals surface area contributed by atoms with Gasteiger partial charge >= 0.3 is 0 Å². The molecule has 1 amide bonds. The molecule has 116 valence electrons. The minimum Gasteiger partial charge on any atom is -0.346 e. The number of nitrogens with zero attached hydrogens (tertiary/aromatic N) is 4. The number of amides is 1. The van der Waals surface area contributed by atoms with E-state index in [1.807, 2.05) is 6.07 Å². The third-order valence-corrected chi connectivity index (χ3v) is 3.32. The molecule has 0 unspecified atom stereocenters. The van der Waals surface area contributed by atoms with Crippen LogP contribution in [0.4, 0.5) is 4.39 Å². The predicted molar refractivity (Wildman–Crippen MR) is 81.5 cm³/mol. The monoisotopic (exact) mass is 311 g/mol. The van der Waals surface area contributed by atoms with Gasteiger partial charge in [-0.2, -0.15) is 0 Å². The van der Waals surface area contributed by atoms with Crippen LogP contribution in [0.1, 0.15) is 21.6 Å². The van der Waals surface area contributed by atoms with Gasteiger partial charge in [0.2, 0.25) is 0 Å². The van der Waals surface area contributed by atoms with Crippen LogP contribution in [0.3, 0.4) is 0 Å². The lowest BCUT2D eigenvalue weighted by Crippen LogP contribution is -2.23. The number of rotatable bonds is 4. The smallest absolute Gasteiger partial charge is 0.251 e. The number of carbonyl (C=O) groups excluding carboxylic acids is 1. The van der Waals surface area contributed by atoms with E-state index >= 15 is 0 Å². The Morgan fingerprint density at radius 2 is 2.22 bits per heavy atom. The van der Waals surface area contributed by atoms with Crippen molar-refractivity contribution in [2.75, 3.05) is 0 Å². The number of hydrogen-bond acceptors (Lipinski definition) is 4. The number of halogens is 1. The Kier molecular flexibility index (Phi) is 4.09. The molecule has 7 heteroatoms. The summed E-state index contributed by atoms with van der Waals surface area (Å²) in [6, 6.07) is 8.02. The first-order chi connectivity index (χ1) is 11.1. The van der Waals surface area contributed by atoms with Gasteiger partial charge in [-0.05, 0) is 36.8 Å². The van der Waals surface area contributed by atoms with Gasteiger partial charge in [0.25, 0.3) is 5.91 Å². The maximum atomic E-state index is 13.5. The number of benzene rings is 1. The van der Waals surface area contributed by atoms with Crippen LogP contribution < -0.4 is 5.32 Å². The largest absolute Gasteiger partial charge is 0.346 e. The lowest BCUT2D eigenvalue weighted by molar-refractivity contribution is 0.0950. The molecule has 3 aromatic rings. The first-order valence-corrected chi connectivity index (χ1v) is 6.99. The van der Waals surface area contributed by atoms with Gasteiger partial charge in [-0.25, -0.2) is 9.07 Å². The summed E-state index contributed by atoms with van der Waals surface area (Å²) in [5, 5.41) is 10.7. The minimum absolute atomic E-state index is 0.203. The summed E-state index contributed by atoms with van der Waals surface area (Å²) in [5.41, 5.74) is 2.14. The van der Waals surface area contributed by atoms with Gasteiger partial charge < -0.3 is 5.32 Å². The van der Waals surface area contributed by atoms with Crippen molar-refractivity contribution < 1.29 is 9.18 Å². The Hall–Kier alpha value is -3.09. The van der Waals surface area contributed by atoms with E-state index in [-0.39, 0.29) is 18.0 Å². The van der Waals surface area contributed by atoms with Crippen LogP contribution in [0.5, 0.6) is 0 Å². The quantitative estimate of drug-likeness (QED) is 0.800. The van der Waals surface area contributed by atoms with E-state index in [4.69, 9.17) is 0 Å². The molecule has 2 heterocycles. The molecular formula is C16H14FN5O. The van der Waals surface area contributed by atoms with Gasteiger partial charge in [0.15, 0.2) is 0 Å². The lowest BCUT2D eigenvalue weighted by Gasteiger charge is -2.04. The van der Waals surface area contributed by atoms with Crippen LogP contribution in [0, 0.1) is 12.7 Å². The van der Waals surface area contributed by atoms with Crippen LogP contribution in [0.15, 0.2) is 48.9 Å². The highest BCUT2D eigenvalue weighted by atomic mass is 19.1. The van der Waals surface area contributed by atoms with Crippen molar-refractivity contribution >= 4 is 5.91 Å². The van der Waals surface area contributed by atoms with Crippen molar-refractivity contribution in [1.82, 2.24) is 25.3 Å². The van der Waals surface area contributed by atoms with E-state index in [1.54, 1.807) is 48.4 Å². The third kappa shape index (κ3) is 3.39. The zero-order chi connectivity index (χ0) is 16.2. The van der Waals surface area contributed by atoms with Crippen molar-refractivity contribution in [3.63, 3.8) is 0 Å². The molecule has 1 N–H and O–H groups in total. The van der Waals surface area contributed by atoms with Gasteiger partial charge in [0.1, 0.15) is 11.5 Å². The van der Waals surface area contributed by atoms with Gasteiger partial charge in [-0.3, -0.25) is 9.78 Å². The number of carbonyl (C=O) groups is 1. The molecule has 0 aliphatic rings. The Morgan fingerprint density at radius 3 is 2.96 bits per heavy atom. The first kappa shape index (κ1) is 14.8. The predicted octanol–water partition coefficient (Wildman–Crippen LogP) is 2.04. The zero-order valence-corrected chi connectivity index (χ0v) is 12.4. The van der Waals surface area contributed by atoms with E-state index in [9.17, 15) is 9.18 Å².